The molecule has 4 rings (SSSR count). The number of piperidine rings is 1. The Labute approximate surface area is 210 Å². The minimum absolute atomic E-state index is 0.235. The van der Waals surface area contributed by atoms with Crippen LogP contribution in [-0.2, 0) is 10.0 Å². The lowest BCUT2D eigenvalue weighted by molar-refractivity contribution is 0.102. The zero-order chi connectivity index (χ0) is 25.2. The number of aryl methyl sites for hydroxylation is 1. The van der Waals surface area contributed by atoms with Gasteiger partial charge in [-0.2, -0.15) is 4.31 Å². The van der Waals surface area contributed by atoms with Crippen LogP contribution in [0, 0.1) is 18.8 Å². The normalized spacial score (nSPS) is 22.2. The van der Waals surface area contributed by atoms with Crippen LogP contribution in [0.1, 0.15) is 43.1 Å². The van der Waals surface area contributed by atoms with Crippen molar-refractivity contribution in [3.8, 4) is 0 Å². The molecule has 8 heteroatoms. The second-order valence-corrected chi connectivity index (χ2v) is 12.1. The molecule has 2 saturated heterocycles. The summed E-state index contributed by atoms with van der Waals surface area (Å²) in [7, 11) is -3.56. The lowest BCUT2D eigenvalue weighted by atomic mass is 9.94. The predicted octanol–water partition coefficient (Wildman–Crippen LogP) is 4.06. The number of piperazine rings is 1. The Kier molecular flexibility index (Phi) is 7.83. The van der Waals surface area contributed by atoms with Crippen molar-refractivity contribution in [2.24, 2.45) is 11.8 Å². The number of nitrogens with one attached hydrogen (secondary N) is 1. The van der Waals surface area contributed by atoms with Gasteiger partial charge in [0, 0.05) is 56.2 Å². The molecule has 7 nitrogen and oxygen atoms in total. The first-order valence-corrected chi connectivity index (χ1v) is 14.1. The topological polar surface area (TPSA) is 73.0 Å². The molecule has 0 aromatic heterocycles. The number of likely N-dealkylation sites (N-methyl/N-ethyl adjacent to an activating group) is 1. The molecule has 2 aliphatic rings. The first kappa shape index (κ1) is 25.7. The maximum absolute atomic E-state index is 13.1. The summed E-state index contributed by atoms with van der Waals surface area (Å²) in [5, 5.41) is 2.95. The highest BCUT2D eigenvalue weighted by Crippen LogP contribution is 2.28. The van der Waals surface area contributed by atoms with Gasteiger partial charge in [-0.25, -0.2) is 8.42 Å². The van der Waals surface area contributed by atoms with Gasteiger partial charge in [-0.15, -0.1) is 0 Å². The molecule has 0 radical (unpaired) electrons. The third kappa shape index (κ3) is 5.88. The number of carbonyl (C=O) groups excluding carboxylic acids is 1. The van der Waals surface area contributed by atoms with Crippen LogP contribution in [0.25, 0.3) is 0 Å². The van der Waals surface area contributed by atoms with Crippen LogP contribution in [-0.4, -0.2) is 69.3 Å². The minimum Gasteiger partial charge on any atom is -0.369 e. The van der Waals surface area contributed by atoms with E-state index in [4.69, 9.17) is 0 Å². The van der Waals surface area contributed by atoms with Gasteiger partial charge in [-0.05, 0) is 79.8 Å². The number of hydrogen-bond donors (Lipinski definition) is 1. The molecule has 2 aromatic carbocycles. The van der Waals surface area contributed by atoms with Crippen molar-refractivity contribution in [1.82, 2.24) is 9.21 Å². The molecule has 2 aromatic rings. The summed E-state index contributed by atoms with van der Waals surface area (Å²) in [6.07, 6.45) is 1.04. The summed E-state index contributed by atoms with van der Waals surface area (Å²) in [4.78, 5) is 17.9. The van der Waals surface area contributed by atoms with Crippen LogP contribution in [0.2, 0.25) is 0 Å². The van der Waals surface area contributed by atoms with Crippen molar-refractivity contribution in [2.75, 3.05) is 56.0 Å². The summed E-state index contributed by atoms with van der Waals surface area (Å²) in [5.74, 6) is 0.432. The zero-order valence-corrected chi connectivity index (χ0v) is 22.1. The van der Waals surface area contributed by atoms with Gasteiger partial charge in [0.1, 0.15) is 0 Å². The lowest BCUT2D eigenvalue weighted by Crippen LogP contribution is -2.46. The molecule has 0 spiro atoms. The van der Waals surface area contributed by atoms with Gasteiger partial charge in [-0.3, -0.25) is 4.79 Å². The average molecular weight is 499 g/mol. The number of rotatable bonds is 6. The van der Waals surface area contributed by atoms with Gasteiger partial charge in [-0.1, -0.05) is 20.8 Å². The first-order valence-electron chi connectivity index (χ1n) is 12.7. The molecule has 2 unspecified atom stereocenters. The SMILES string of the molecule is CCN1CCN(c2ccc(NC(=O)c3ccc(S(=O)(=O)N4CC(C)CC(C)C4)cc3)cc2C)CC1. The van der Waals surface area contributed by atoms with Gasteiger partial charge in [0.15, 0.2) is 0 Å². The highest BCUT2D eigenvalue weighted by molar-refractivity contribution is 7.89. The fraction of sp³-hybridized carbons (Fsp3) is 0.519. The van der Waals surface area contributed by atoms with E-state index in [9.17, 15) is 13.2 Å². The molecule has 35 heavy (non-hydrogen) atoms. The van der Waals surface area contributed by atoms with Crippen molar-refractivity contribution in [2.45, 2.75) is 39.0 Å². The number of benzene rings is 2. The Morgan fingerprint density at radius 1 is 0.971 bits per heavy atom. The van der Waals surface area contributed by atoms with E-state index in [-0.39, 0.29) is 10.8 Å². The van der Waals surface area contributed by atoms with Crippen molar-refractivity contribution in [3.63, 3.8) is 0 Å². The van der Waals surface area contributed by atoms with Crippen LogP contribution in [0.4, 0.5) is 11.4 Å². The number of hydrogen-bond acceptors (Lipinski definition) is 5. The van der Waals surface area contributed by atoms with E-state index in [1.165, 1.54) is 5.69 Å². The van der Waals surface area contributed by atoms with E-state index in [1.54, 1.807) is 28.6 Å². The Morgan fingerprint density at radius 3 is 2.17 bits per heavy atom. The quantitative estimate of drug-likeness (QED) is 0.650. The summed E-state index contributed by atoms with van der Waals surface area (Å²) in [6, 6.07) is 12.3. The van der Waals surface area contributed by atoms with E-state index in [2.05, 4.69) is 48.9 Å². The second kappa shape index (κ2) is 10.7. The maximum atomic E-state index is 13.1. The molecule has 1 N–H and O–H groups in total. The molecule has 2 aliphatic heterocycles. The van der Waals surface area contributed by atoms with Gasteiger partial charge < -0.3 is 15.1 Å². The summed E-state index contributed by atoms with van der Waals surface area (Å²) < 4.78 is 27.8. The van der Waals surface area contributed by atoms with Crippen molar-refractivity contribution >= 4 is 27.3 Å². The highest BCUT2D eigenvalue weighted by atomic mass is 32.2. The lowest BCUT2D eigenvalue weighted by Gasteiger charge is -2.36. The Bertz CT molecular complexity index is 1130. The third-order valence-electron chi connectivity index (χ3n) is 7.20. The third-order valence-corrected chi connectivity index (χ3v) is 9.05. The van der Waals surface area contributed by atoms with E-state index in [0.29, 0.717) is 30.5 Å². The van der Waals surface area contributed by atoms with Gasteiger partial charge in [0.05, 0.1) is 4.90 Å². The number of nitrogens with zero attached hydrogens (tertiary/aromatic N) is 3. The molecule has 0 bridgehead atoms. The van der Waals surface area contributed by atoms with E-state index in [1.807, 2.05) is 12.1 Å². The second-order valence-electron chi connectivity index (χ2n) is 10.2. The Hall–Kier alpha value is -2.42. The highest BCUT2D eigenvalue weighted by Gasteiger charge is 2.31. The summed E-state index contributed by atoms with van der Waals surface area (Å²) >= 11 is 0. The van der Waals surface area contributed by atoms with E-state index < -0.39 is 10.0 Å². The average Bonchev–Trinajstić information content (AvgIpc) is 2.84. The monoisotopic (exact) mass is 498 g/mol. The smallest absolute Gasteiger partial charge is 0.255 e. The Morgan fingerprint density at radius 2 is 1.60 bits per heavy atom. The first-order chi connectivity index (χ1) is 16.7. The van der Waals surface area contributed by atoms with Gasteiger partial charge in [0.25, 0.3) is 5.91 Å². The largest absolute Gasteiger partial charge is 0.369 e. The van der Waals surface area contributed by atoms with Crippen molar-refractivity contribution in [3.05, 3.63) is 53.6 Å². The molecular formula is C27H38N4O3S. The molecule has 2 fully saturated rings. The van der Waals surface area contributed by atoms with Crippen LogP contribution in [0.5, 0.6) is 0 Å². The standard InChI is InChI=1S/C27H38N4O3S/c1-5-29-12-14-30(15-13-29)26-11-8-24(17-22(26)4)28-27(32)23-6-9-25(10-7-23)35(33,34)31-18-20(2)16-21(3)19-31/h6-11,17,20-21H,5,12-16,18-19H2,1-4H3,(H,28,32). The number of carbonyl (C=O) groups is 1. The van der Waals surface area contributed by atoms with E-state index in [0.717, 1.165) is 50.4 Å². The number of anilines is 2. The van der Waals surface area contributed by atoms with Crippen LogP contribution < -0.4 is 10.2 Å². The fourth-order valence-corrected chi connectivity index (χ4v) is 7.01. The summed E-state index contributed by atoms with van der Waals surface area (Å²) in [5.41, 5.74) is 3.49. The van der Waals surface area contributed by atoms with Crippen molar-refractivity contribution < 1.29 is 13.2 Å². The minimum atomic E-state index is -3.56. The van der Waals surface area contributed by atoms with Crippen molar-refractivity contribution in [1.29, 1.82) is 0 Å². The molecule has 2 heterocycles. The predicted molar refractivity (Wildman–Crippen MR) is 142 cm³/mol. The Balaban J connectivity index is 1.41. The van der Waals surface area contributed by atoms with Gasteiger partial charge in [0.2, 0.25) is 10.0 Å². The number of sulfonamides is 1. The maximum Gasteiger partial charge on any atom is 0.255 e. The number of amides is 1. The molecule has 190 valence electrons. The summed E-state index contributed by atoms with van der Waals surface area (Å²) in [6.45, 7) is 14.7. The van der Waals surface area contributed by atoms with E-state index >= 15 is 0 Å². The van der Waals surface area contributed by atoms with Gasteiger partial charge >= 0.3 is 0 Å². The van der Waals surface area contributed by atoms with Crippen LogP contribution in [0.3, 0.4) is 0 Å². The molecule has 2 atom stereocenters. The molecule has 0 saturated carbocycles. The molecule has 0 aliphatic carbocycles. The van der Waals surface area contributed by atoms with Crippen LogP contribution >= 0.6 is 0 Å². The molecule has 1 amide bonds. The zero-order valence-electron chi connectivity index (χ0n) is 21.3. The fourth-order valence-electron chi connectivity index (χ4n) is 5.33. The van der Waals surface area contributed by atoms with Crippen LogP contribution in [0.15, 0.2) is 47.4 Å². The molecular weight excluding hydrogens is 460 g/mol.